The number of amides is 1. The molecule has 0 saturated heterocycles. The van der Waals surface area contributed by atoms with Gasteiger partial charge in [-0.15, -0.1) is 0 Å². The van der Waals surface area contributed by atoms with Gasteiger partial charge in [0.05, 0.1) is 0 Å². The van der Waals surface area contributed by atoms with Gasteiger partial charge in [-0.2, -0.15) is 0 Å². The van der Waals surface area contributed by atoms with Crippen LogP contribution in [0.2, 0.25) is 0 Å². The number of aromatic nitrogens is 2. The van der Waals surface area contributed by atoms with E-state index in [4.69, 9.17) is 0 Å². The molecule has 0 aliphatic carbocycles. The van der Waals surface area contributed by atoms with Crippen LogP contribution in [0.4, 0.5) is 4.39 Å². The number of imidazole rings is 1. The second kappa shape index (κ2) is 6.99. The van der Waals surface area contributed by atoms with Crippen molar-refractivity contribution >= 4 is 5.91 Å². The molecule has 0 aliphatic rings. The maximum atomic E-state index is 14.1. The third-order valence-electron chi connectivity index (χ3n) is 3.24. The summed E-state index contributed by atoms with van der Waals surface area (Å²) < 4.78 is 15.8. The van der Waals surface area contributed by atoms with Crippen LogP contribution in [0.1, 0.15) is 23.9 Å². The van der Waals surface area contributed by atoms with Gasteiger partial charge < -0.3 is 15.2 Å². The summed E-state index contributed by atoms with van der Waals surface area (Å²) in [6.07, 6.45) is 3.72. The predicted molar refractivity (Wildman–Crippen MR) is 78.1 cm³/mol. The standard InChI is InChI=1S/C15H19FN4O/c1-17-8-7-13(21)19-14(15-18-9-10-20(15)2)11-5-3-4-6-12(11)16/h3-6,9-10,14,17H,7-8H2,1-2H3,(H,19,21). The van der Waals surface area contributed by atoms with Crippen molar-refractivity contribution in [2.75, 3.05) is 13.6 Å². The molecule has 0 radical (unpaired) electrons. The van der Waals surface area contributed by atoms with Gasteiger partial charge in [0.2, 0.25) is 5.91 Å². The minimum atomic E-state index is -0.601. The third kappa shape index (κ3) is 3.66. The summed E-state index contributed by atoms with van der Waals surface area (Å²) in [6, 6.07) is 5.80. The summed E-state index contributed by atoms with van der Waals surface area (Å²) in [7, 11) is 3.59. The van der Waals surface area contributed by atoms with E-state index in [2.05, 4.69) is 15.6 Å². The number of nitrogens with one attached hydrogen (secondary N) is 2. The zero-order valence-corrected chi connectivity index (χ0v) is 12.1. The molecule has 0 fully saturated rings. The second-order valence-corrected chi connectivity index (χ2v) is 4.77. The van der Waals surface area contributed by atoms with E-state index in [-0.39, 0.29) is 11.7 Å². The fourth-order valence-corrected chi connectivity index (χ4v) is 2.12. The topological polar surface area (TPSA) is 59.0 Å². The molecule has 1 amide bonds. The van der Waals surface area contributed by atoms with E-state index < -0.39 is 6.04 Å². The van der Waals surface area contributed by atoms with Crippen molar-refractivity contribution in [3.8, 4) is 0 Å². The third-order valence-corrected chi connectivity index (χ3v) is 3.24. The summed E-state index contributed by atoms with van der Waals surface area (Å²) in [5, 5.41) is 5.76. The van der Waals surface area contributed by atoms with Gasteiger partial charge >= 0.3 is 0 Å². The first-order valence-corrected chi connectivity index (χ1v) is 6.79. The molecule has 0 aliphatic heterocycles. The van der Waals surface area contributed by atoms with Crippen LogP contribution in [-0.2, 0) is 11.8 Å². The number of rotatable bonds is 6. The van der Waals surface area contributed by atoms with E-state index in [1.807, 2.05) is 7.05 Å². The quantitative estimate of drug-likeness (QED) is 0.845. The number of aryl methyl sites for hydroxylation is 1. The molecule has 112 valence electrons. The molecule has 2 aromatic rings. The van der Waals surface area contributed by atoms with Crippen LogP contribution in [-0.4, -0.2) is 29.1 Å². The van der Waals surface area contributed by atoms with Gasteiger partial charge in [-0.25, -0.2) is 9.37 Å². The Morgan fingerprint density at radius 1 is 1.43 bits per heavy atom. The summed E-state index contributed by atoms with van der Waals surface area (Å²) >= 11 is 0. The molecule has 5 nitrogen and oxygen atoms in total. The highest BCUT2D eigenvalue weighted by molar-refractivity contribution is 5.77. The molecule has 0 bridgehead atoms. The molecule has 6 heteroatoms. The maximum Gasteiger partial charge on any atom is 0.222 e. The Kier molecular flexibility index (Phi) is 5.05. The molecule has 0 saturated carbocycles. The fourth-order valence-electron chi connectivity index (χ4n) is 2.12. The fraction of sp³-hybridized carbons (Fsp3) is 0.333. The monoisotopic (exact) mass is 290 g/mol. The van der Waals surface area contributed by atoms with E-state index in [9.17, 15) is 9.18 Å². The van der Waals surface area contributed by atoms with Crippen LogP contribution < -0.4 is 10.6 Å². The van der Waals surface area contributed by atoms with Crippen molar-refractivity contribution in [1.82, 2.24) is 20.2 Å². The molecule has 2 N–H and O–H groups in total. The van der Waals surface area contributed by atoms with Gasteiger partial charge in [0.1, 0.15) is 17.7 Å². The van der Waals surface area contributed by atoms with Crippen LogP contribution in [0, 0.1) is 5.82 Å². The Labute approximate surface area is 123 Å². The van der Waals surface area contributed by atoms with Crippen LogP contribution in [0.25, 0.3) is 0 Å². The predicted octanol–water partition coefficient (Wildman–Crippen LogP) is 1.37. The summed E-state index contributed by atoms with van der Waals surface area (Å²) in [4.78, 5) is 16.2. The normalized spacial score (nSPS) is 12.1. The molecule has 21 heavy (non-hydrogen) atoms. The van der Waals surface area contributed by atoms with Gasteiger partial charge in [0.15, 0.2) is 0 Å². The van der Waals surface area contributed by atoms with E-state index in [0.29, 0.717) is 24.4 Å². The van der Waals surface area contributed by atoms with Crippen LogP contribution >= 0.6 is 0 Å². The molecule has 2 rings (SSSR count). The lowest BCUT2D eigenvalue weighted by molar-refractivity contribution is -0.121. The van der Waals surface area contributed by atoms with Gasteiger partial charge in [0, 0.05) is 38.0 Å². The Balaban J connectivity index is 2.30. The van der Waals surface area contributed by atoms with Gasteiger partial charge in [-0.05, 0) is 13.1 Å². The van der Waals surface area contributed by atoms with Crippen molar-refractivity contribution in [3.63, 3.8) is 0 Å². The van der Waals surface area contributed by atoms with E-state index in [1.165, 1.54) is 6.07 Å². The number of hydrogen-bond donors (Lipinski definition) is 2. The maximum absolute atomic E-state index is 14.1. The first-order valence-electron chi connectivity index (χ1n) is 6.79. The molecule has 1 heterocycles. The number of hydrogen-bond acceptors (Lipinski definition) is 3. The lowest BCUT2D eigenvalue weighted by Gasteiger charge is -2.19. The largest absolute Gasteiger partial charge is 0.342 e. The van der Waals surface area contributed by atoms with Crippen LogP contribution in [0.3, 0.4) is 0 Å². The SMILES string of the molecule is CNCCC(=O)NC(c1ccccc1F)c1nccn1C. The van der Waals surface area contributed by atoms with Gasteiger partial charge in [-0.1, -0.05) is 18.2 Å². The second-order valence-electron chi connectivity index (χ2n) is 4.77. The Bertz CT molecular complexity index is 611. The van der Waals surface area contributed by atoms with Crippen molar-refractivity contribution in [3.05, 3.63) is 53.9 Å². The number of carbonyl (C=O) groups excluding carboxylic acids is 1. The summed E-state index contributed by atoms with van der Waals surface area (Å²) in [6.45, 7) is 0.566. The highest BCUT2D eigenvalue weighted by Gasteiger charge is 2.23. The molecule has 0 spiro atoms. The minimum Gasteiger partial charge on any atom is -0.342 e. The molecule has 1 aromatic heterocycles. The average Bonchev–Trinajstić information content (AvgIpc) is 2.89. The number of carbonyl (C=O) groups is 1. The number of nitrogens with zero attached hydrogens (tertiary/aromatic N) is 2. The first kappa shape index (κ1) is 15.2. The minimum absolute atomic E-state index is 0.152. The Morgan fingerprint density at radius 2 is 2.19 bits per heavy atom. The Morgan fingerprint density at radius 3 is 2.81 bits per heavy atom. The van der Waals surface area contributed by atoms with Gasteiger partial charge in [-0.3, -0.25) is 4.79 Å². The number of benzene rings is 1. The first-order chi connectivity index (χ1) is 10.1. The zero-order chi connectivity index (χ0) is 15.2. The van der Waals surface area contributed by atoms with Crippen molar-refractivity contribution < 1.29 is 9.18 Å². The highest BCUT2D eigenvalue weighted by atomic mass is 19.1. The van der Waals surface area contributed by atoms with Crippen molar-refractivity contribution in [2.45, 2.75) is 12.5 Å². The average molecular weight is 290 g/mol. The molecule has 1 aromatic carbocycles. The van der Waals surface area contributed by atoms with E-state index in [0.717, 1.165) is 0 Å². The molecular weight excluding hydrogens is 271 g/mol. The lowest BCUT2D eigenvalue weighted by atomic mass is 10.1. The van der Waals surface area contributed by atoms with Crippen LogP contribution in [0.15, 0.2) is 36.7 Å². The lowest BCUT2D eigenvalue weighted by Crippen LogP contribution is -2.33. The molecule has 1 unspecified atom stereocenters. The van der Waals surface area contributed by atoms with E-state index in [1.54, 1.807) is 42.2 Å². The summed E-state index contributed by atoms with van der Waals surface area (Å²) in [5.41, 5.74) is 0.407. The molecular formula is C15H19FN4O. The molecule has 1 atom stereocenters. The number of halogens is 1. The summed E-state index contributed by atoms with van der Waals surface area (Å²) in [5.74, 6) is 0.0814. The van der Waals surface area contributed by atoms with Crippen LogP contribution in [0.5, 0.6) is 0 Å². The smallest absolute Gasteiger partial charge is 0.222 e. The van der Waals surface area contributed by atoms with Gasteiger partial charge in [0.25, 0.3) is 0 Å². The van der Waals surface area contributed by atoms with E-state index >= 15 is 0 Å². The van der Waals surface area contributed by atoms with Crippen molar-refractivity contribution in [1.29, 1.82) is 0 Å². The zero-order valence-electron chi connectivity index (χ0n) is 12.1. The van der Waals surface area contributed by atoms with Crippen molar-refractivity contribution in [2.24, 2.45) is 7.05 Å². The Hall–Kier alpha value is -2.21. The highest BCUT2D eigenvalue weighted by Crippen LogP contribution is 2.23.